The van der Waals surface area contributed by atoms with Crippen molar-refractivity contribution in [1.29, 1.82) is 0 Å². The lowest BCUT2D eigenvalue weighted by molar-refractivity contribution is 0.838. The van der Waals surface area contributed by atoms with Crippen LogP contribution in [-0.4, -0.2) is 19.8 Å². The van der Waals surface area contributed by atoms with Crippen LogP contribution in [0, 0.1) is 0 Å². The Bertz CT molecular complexity index is 741. The summed E-state index contributed by atoms with van der Waals surface area (Å²) < 4.78 is 1.73. The predicted octanol–water partition coefficient (Wildman–Crippen LogP) is 4.38. The van der Waals surface area contributed by atoms with Gasteiger partial charge in [0.25, 0.3) is 0 Å². The third-order valence-electron chi connectivity index (χ3n) is 2.60. The number of hydrogen-bond donors (Lipinski definition) is 0. The van der Waals surface area contributed by atoms with Gasteiger partial charge in [-0.1, -0.05) is 53.1 Å². The van der Waals surface area contributed by atoms with Crippen molar-refractivity contribution in [2.75, 3.05) is 0 Å². The molecular formula is C11H7Cl3N4S. The first-order chi connectivity index (χ1) is 9.10. The molecule has 0 aliphatic rings. The number of nitrogens with zero attached hydrogens (tertiary/aromatic N) is 4. The Morgan fingerprint density at radius 1 is 1.16 bits per heavy atom. The minimum Gasteiger partial charge on any atom is -0.187 e. The minimum absolute atomic E-state index is 0.351. The molecule has 0 saturated carbocycles. The van der Waals surface area contributed by atoms with Crippen LogP contribution < -0.4 is 0 Å². The number of aromatic nitrogens is 4. The molecule has 0 N–H and O–H groups in total. The van der Waals surface area contributed by atoms with Gasteiger partial charge in [0, 0.05) is 12.0 Å². The van der Waals surface area contributed by atoms with E-state index in [0.717, 1.165) is 27.8 Å². The van der Waals surface area contributed by atoms with Crippen molar-refractivity contribution in [2.45, 2.75) is 13.3 Å². The fraction of sp³-hybridized carbons (Fsp3) is 0.182. The highest BCUT2D eigenvalue weighted by atomic mass is 35.5. The Labute approximate surface area is 127 Å². The summed E-state index contributed by atoms with van der Waals surface area (Å²) in [6.45, 7) is 2.01. The number of fused-ring (bicyclic) bond motifs is 1. The van der Waals surface area contributed by atoms with Gasteiger partial charge >= 0.3 is 0 Å². The molecule has 0 spiro atoms. The highest BCUT2D eigenvalue weighted by molar-refractivity contribution is 7.19. The molecule has 2 heterocycles. The maximum absolute atomic E-state index is 6.03. The van der Waals surface area contributed by atoms with Crippen molar-refractivity contribution in [1.82, 2.24) is 19.8 Å². The molecular weight excluding hydrogens is 327 g/mol. The van der Waals surface area contributed by atoms with Gasteiger partial charge in [0.05, 0.1) is 15.1 Å². The van der Waals surface area contributed by atoms with Crippen molar-refractivity contribution in [3.8, 4) is 10.6 Å². The summed E-state index contributed by atoms with van der Waals surface area (Å²) in [6, 6.07) is 3.49. The van der Waals surface area contributed by atoms with Crippen molar-refractivity contribution >= 4 is 51.1 Å². The van der Waals surface area contributed by atoms with E-state index in [9.17, 15) is 0 Å². The Morgan fingerprint density at radius 2 is 1.84 bits per heavy atom. The number of hydrogen-bond acceptors (Lipinski definition) is 4. The molecule has 3 aromatic rings. The second kappa shape index (κ2) is 4.90. The van der Waals surface area contributed by atoms with E-state index in [2.05, 4.69) is 15.3 Å². The first-order valence-electron chi connectivity index (χ1n) is 5.46. The number of rotatable bonds is 2. The first kappa shape index (κ1) is 13.1. The quantitative estimate of drug-likeness (QED) is 0.654. The van der Waals surface area contributed by atoms with Gasteiger partial charge in [-0.3, -0.25) is 0 Å². The van der Waals surface area contributed by atoms with Gasteiger partial charge in [-0.15, -0.1) is 10.2 Å². The second-order valence-corrected chi connectivity index (χ2v) is 5.97. The maximum atomic E-state index is 6.03. The summed E-state index contributed by atoms with van der Waals surface area (Å²) >= 11 is 19.4. The standard InChI is InChI=1S/C11H7Cl3N4S/c1-2-8-15-16-11-18(8)17-10(19-11)5-3-6(12)9(14)7(13)4-5/h3-4H,2H2,1H3. The van der Waals surface area contributed by atoms with E-state index in [-0.39, 0.29) is 0 Å². The maximum Gasteiger partial charge on any atom is 0.234 e. The van der Waals surface area contributed by atoms with Crippen LogP contribution >= 0.6 is 46.1 Å². The Hall–Kier alpha value is -0.880. The fourth-order valence-electron chi connectivity index (χ4n) is 1.67. The summed E-state index contributed by atoms with van der Waals surface area (Å²) in [5.41, 5.74) is 0.817. The third-order valence-corrected chi connectivity index (χ3v) is 4.75. The lowest BCUT2D eigenvalue weighted by Crippen LogP contribution is -1.93. The molecule has 1 aromatic carbocycles. The molecule has 0 aliphatic carbocycles. The average Bonchev–Trinajstić information content (AvgIpc) is 2.94. The average molecular weight is 334 g/mol. The second-order valence-electron chi connectivity index (χ2n) is 3.83. The number of halogens is 3. The van der Waals surface area contributed by atoms with E-state index in [1.165, 1.54) is 11.3 Å². The molecule has 19 heavy (non-hydrogen) atoms. The van der Waals surface area contributed by atoms with Crippen molar-refractivity contribution in [2.24, 2.45) is 0 Å². The predicted molar refractivity (Wildman–Crippen MR) is 78.5 cm³/mol. The molecule has 0 saturated heterocycles. The summed E-state index contributed by atoms with van der Waals surface area (Å²) in [6.07, 6.45) is 0.770. The monoisotopic (exact) mass is 332 g/mol. The van der Waals surface area contributed by atoms with Gasteiger partial charge < -0.3 is 0 Å². The molecule has 0 aliphatic heterocycles. The summed E-state index contributed by atoms with van der Waals surface area (Å²) in [5, 5.41) is 14.5. The van der Waals surface area contributed by atoms with Crippen LogP contribution in [0.5, 0.6) is 0 Å². The molecule has 0 fully saturated rings. The number of benzene rings is 1. The normalized spacial score (nSPS) is 11.4. The summed E-state index contributed by atoms with van der Waals surface area (Å²) in [7, 11) is 0. The van der Waals surface area contributed by atoms with Crippen molar-refractivity contribution < 1.29 is 0 Å². The van der Waals surface area contributed by atoms with Gasteiger partial charge in [0.2, 0.25) is 4.96 Å². The van der Waals surface area contributed by atoms with Crippen LogP contribution in [0.2, 0.25) is 15.1 Å². The van der Waals surface area contributed by atoms with Crippen molar-refractivity contribution in [3.05, 3.63) is 33.0 Å². The van der Waals surface area contributed by atoms with Crippen LogP contribution in [-0.2, 0) is 6.42 Å². The van der Waals surface area contributed by atoms with E-state index < -0.39 is 0 Å². The zero-order valence-corrected chi connectivity index (χ0v) is 12.8. The summed E-state index contributed by atoms with van der Waals surface area (Å²) in [4.78, 5) is 0.744. The van der Waals surface area contributed by atoms with Crippen LogP contribution in [0.1, 0.15) is 12.7 Å². The van der Waals surface area contributed by atoms with Crippen molar-refractivity contribution in [3.63, 3.8) is 0 Å². The van der Waals surface area contributed by atoms with E-state index in [1.807, 2.05) is 6.92 Å². The van der Waals surface area contributed by atoms with E-state index in [1.54, 1.807) is 16.6 Å². The molecule has 4 nitrogen and oxygen atoms in total. The highest BCUT2D eigenvalue weighted by Crippen LogP contribution is 2.36. The first-order valence-corrected chi connectivity index (χ1v) is 7.41. The van der Waals surface area contributed by atoms with Gasteiger partial charge in [0.1, 0.15) is 5.01 Å². The molecule has 2 aromatic heterocycles. The summed E-state index contributed by atoms with van der Waals surface area (Å²) in [5.74, 6) is 0.823. The Balaban J connectivity index is 2.16. The lowest BCUT2D eigenvalue weighted by Gasteiger charge is -2.01. The van der Waals surface area contributed by atoms with Crippen LogP contribution in [0.4, 0.5) is 0 Å². The molecule has 0 atom stereocenters. The zero-order valence-electron chi connectivity index (χ0n) is 9.69. The smallest absolute Gasteiger partial charge is 0.187 e. The highest BCUT2D eigenvalue weighted by Gasteiger charge is 2.14. The van der Waals surface area contributed by atoms with E-state index >= 15 is 0 Å². The molecule has 0 bridgehead atoms. The number of aryl methyl sites for hydroxylation is 1. The topological polar surface area (TPSA) is 43.1 Å². The largest absolute Gasteiger partial charge is 0.234 e. The molecule has 98 valence electrons. The third kappa shape index (κ3) is 2.21. The molecule has 0 radical (unpaired) electrons. The van der Waals surface area contributed by atoms with E-state index in [0.29, 0.717) is 15.1 Å². The fourth-order valence-corrected chi connectivity index (χ4v) is 3.12. The molecule has 8 heteroatoms. The van der Waals surface area contributed by atoms with Gasteiger partial charge in [-0.2, -0.15) is 9.61 Å². The van der Waals surface area contributed by atoms with Gasteiger partial charge in [-0.05, 0) is 12.1 Å². The van der Waals surface area contributed by atoms with Crippen LogP contribution in [0.15, 0.2) is 12.1 Å². The zero-order chi connectivity index (χ0) is 13.6. The van der Waals surface area contributed by atoms with Gasteiger partial charge in [0.15, 0.2) is 5.82 Å². The molecule has 0 amide bonds. The SMILES string of the molecule is CCc1nnc2sc(-c3cc(Cl)c(Cl)c(Cl)c3)nn12. The van der Waals surface area contributed by atoms with E-state index in [4.69, 9.17) is 34.8 Å². The lowest BCUT2D eigenvalue weighted by atomic mass is 10.2. The molecule has 0 unspecified atom stereocenters. The Morgan fingerprint density at radius 3 is 2.47 bits per heavy atom. The molecule has 3 rings (SSSR count). The minimum atomic E-state index is 0.351. The Kier molecular flexibility index (Phi) is 3.39. The van der Waals surface area contributed by atoms with Crippen LogP contribution in [0.25, 0.3) is 15.5 Å². The van der Waals surface area contributed by atoms with Gasteiger partial charge in [-0.25, -0.2) is 0 Å². The van der Waals surface area contributed by atoms with Crippen LogP contribution in [0.3, 0.4) is 0 Å².